The smallest absolute Gasteiger partial charge is 0.294 e. The fraction of sp³-hybridized carbons (Fsp3) is 0.333. The van der Waals surface area contributed by atoms with Crippen molar-refractivity contribution in [3.8, 4) is 5.75 Å². The van der Waals surface area contributed by atoms with Crippen LogP contribution in [0.15, 0.2) is 24.3 Å². The summed E-state index contributed by atoms with van der Waals surface area (Å²) < 4.78 is 5.21. The normalized spacial score (nSPS) is 9.67. The van der Waals surface area contributed by atoms with Crippen LogP contribution in [-0.4, -0.2) is 18.3 Å². The van der Waals surface area contributed by atoms with Gasteiger partial charge in [-0.15, -0.1) is 10.1 Å². The second-order valence-corrected chi connectivity index (χ2v) is 2.76. The monoisotopic (exact) mass is 212 g/mol. The molecule has 0 aromatic heterocycles. The van der Waals surface area contributed by atoms with Gasteiger partial charge in [-0.1, -0.05) is 12.1 Å². The van der Waals surface area contributed by atoms with E-state index in [2.05, 4.69) is 4.84 Å². The molecule has 1 aromatic rings. The average Bonchev–Trinajstić information content (AvgIpc) is 2.24. The Morgan fingerprint density at radius 2 is 2.20 bits per heavy atom. The third-order valence-corrected chi connectivity index (χ3v) is 1.68. The molecule has 0 aliphatic carbocycles. The summed E-state index contributed by atoms with van der Waals surface area (Å²) in [5.74, 6) is 0.630. The van der Waals surface area contributed by atoms with Gasteiger partial charge in [-0.2, -0.15) is 0 Å². The van der Waals surface area contributed by atoms with Gasteiger partial charge < -0.3 is 15.3 Å². The summed E-state index contributed by atoms with van der Waals surface area (Å²) in [6.07, 6.45) is 0. The summed E-state index contributed by atoms with van der Waals surface area (Å²) >= 11 is 0. The minimum Gasteiger partial charge on any atom is -0.492 e. The van der Waals surface area contributed by atoms with Gasteiger partial charge in [0.2, 0.25) is 0 Å². The minimum absolute atomic E-state index is 0.0835. The minimum atomic E-state index is -0.848. The van der Waals surface area contributed by atoms with E-state index in [0.717, 1.165) is 5.56 Å². The second kappa shape index (κ2) is 5.82. The highest BCUT2D eigenvalue weighted by Crippen LogP contribution is 2.12. The van der Waals surface area contributed by atoms with Gasteiger partial charge in [-0.25, -0.2) is 0 Å². The molecular weight excluding hydrogens is 200 g/mol. The lowest BCUT2D eigenvalue weighted by Crippen LogP contribution is -2.10. The molecule has 6 nitrogen and oxygen atoms in total. The number of rotatable bonds is 6. The molecular formula is C9H12N2O4. The van der Waals surface area contributed by atoms with Crippen LogP contribution in [0.4, 0.5) is 0 Å². The summed E-state index contributed by atoms with van der Waals surface area (Å²) in [7, 11) is 0. The zero-order chi connectivity index (χ0) is 11.1. The van der Waals surface area contributed by atoms with Crippen molar-refractivity contribution >= 4 is 0 Å². The SMILES string of the molecule is NCc1cccc(OCCO[N+](=O)[O-])c1. The molecule has 1 aromatic carbocycles. The number of nitrogens with two attached hydrogens (primary N) is 1. The molecule has 1 rings (SSSR count). The summed E-state index contributed by atoms with van der Waals surface area (Å²) in [4.78, 5) is 13.9. The zero-order valence-corrected chi connectivity index (χ0v) is 8.09. The largest absolute Gasteiger partial charge is 0.492 e. The van der Waals surface area contributed by atoms with E-state index in [-0.39, 0.29) is 13.2 Å². The van der Waals surface area contributed by atoms with Crippen LogP contribution in [0, 0.1) is 10.1 Å². The maximum absolute atomic E-state index is 9.82. The standard InChI is InChI=1S/C9H12N2O4/c10-7-8-2-1-3-9(6-8)14-4-5-15-11(12)13/h1-3,6H,4-5,7,10H2. The van der Waals surface area contributed by atoms with Crippen LogP contribution in [0.5, 0.6) is 5.75 Å². The highest BCUT2D eigenvalue weighted by Gasteiger charge is 1.97. The first kappa shape index (κ1) is 11.3. The van der Waals surface area contributed by atoms with Gasteiger partial charge >= 0.3 is 0 Å². The Morgan fingerprint density at radius 3 is 2.87 bits per heavy atom. The lowest BCUT2D eigenvalue weighted by molar-refractivity contribution is -0.757. The van der Waals surface area contributed by atoms with Gasteiger partial charge in [0.05, 0.1) is 0 Å². The van der Waals surface area contributed by atoms with E-state index in [4.69, 9.17) is 10.5 Å². The highest BCUT2D eigenvalue weighted by atomic mass is 17.0. The van der Waals surface area contributed by atoms with Crippen molar-refractivity contribution < 1.29 is 14.7 Å². The van der Waals surface area contributed by atoms with Crippen molar-refractivity contribution in [1.29, 1.82) is 0 Å². The average molecular weight is 212 g/mol. The van der Waals surface area contributed by atoms with E-state index in [1.54, 1.807) is 12.1 Å². The molecule has 82 valence electrons. The maximum atomic E-state index is 9.82. The first-order valence-corrected chi connectivity index (χ1v) is 4.41. The molecule has 0 bridgehead atoms. The topological polar surface area (TPSA) is 87.6 Å². The molecule has 0 spiro atoms. The predicted molar refractivity (Wildman–Crippen MR) is 52.8 cm³/mol. The predicted octanol–water partition coefficient (Wildman–Crippen LogP) is 0.732. The van der Waals surface area contributed by atoms with Gasteiger partial charge in [0.15, 0.2) is 0 Å². The summed E-state index contributed by atoms with van der Waals surface area (Å²) in [5, 5.41) is 8.97. The van der Waals surface area contributed by atoms with Crippen molar-refractivity contribution in [1.82, 2.24) is 0 Å². The Morgan fingerprint density at radius 1 is 1.40 bits per heavy atom. The number of hydrogen-bond donors (Lipinski definition) is 1. The van der Waals surface area contributed by atoms with Crippen LogP contribution in [0.3, 0.4) is 0 Å². The van der Waals surface area contributed by atoms with Crippen LogP contribution in [0.2, 0.25) is 0 Å². The van der Waals surface area contributed by atoms with E-state index in [1.165, 1.54) is 0 Å². The molecule has 0 atom stereocenters. The first-order valence-electron chi connectivity index (χ1n) is 4.41. The molecule has 2 N–H and O–H groups in total. The molecule has 0 saturated heterocycles. The van der Waals surface area contributed by atoms with E-state index >= 15 is 0 Å². The van der Waals surface area contributed by atoms with Crippen molar-refractivity contribution in [2.45, 2.75) is 6.54 Å². The Kier molecular flexibility index (Phi) is 4.36. The molecule has 0 saturated carbocycles. The number of benzene rings is 1. The van der Waals surface area contributed by atoms with Gasteiger partial charge in [0, 0.05) is 6.54 Å². The second-order valence-electron chi connectivity index (χ2n) is 2.76. The van der Waals surface area contributed by atoms with Gasteiger partial charge in [0.25, 0.3) is 5.09 Å². The fourth-order valence-corrected chi connectivity index (χ4v) is 1.03. The molecule has 0 radical (unpaired) electrons. The lowest BCUT2D eigenvalue weighted by Gasteiger charge is -2.06. The number of hydrogen-bond acceptors (Lipinski definition) is 5. The van der Waals surface area contributed by atoms with Crippen LogP contribution >= 0.6 is 0 Å². The van der Waals surface area contributed by atoms with Crippen molar-refractivity contribution in [2.75, 3.05) is 13.2 Å². The third kappa shape index (κ3) is 4.28. The van der Waals surface area contributed by atoms with Gasteiger partial charge in [-0.3, -0.25) is 0 Å². The Bertz CT molecular complexity index is 330. The summed E-state index contributed by atoms with van der Waals surface area (Å²) in [6.45, 7) is 0.484. The molecule has 0 aliphatic heterocycles. The van der Waals surface area contributed by atoms with E-state index in [9.17, 15) is 10.1 Å². The van der Waals surface area contributed by atoms with Gasteiger partial charge in [-0.05, 0) is 17.7 Å². The molecule has 15 heavy (non-hydrogen) atoms. The van der Waals surface area contributed by atoms with E-state index in [1.807, 2.05) is 12.1 Å². The highest BCUT2D eigenvalue weighted by molar-refractivity contribution is 5.28. The molecule has 0 fully saturated rings. The third-order valence-electron chi connectivity index (χ3n) is 1.68. The molecule has 0 amide bonds. The number of ether oxygens (including phenoxy) is 1. The molecule has 0 heterocycles. The lowest BCUT2D eigenvalue weighted by atomic mass is 10.2. The van der Waals surface area contributed by atoms with Crippen LogP contribution in [0.1, 0.15) is 5.56 Å². The molecule has 0 aliphatic rings. The van der Waals surface area contributed by atoms with E-state index in [0.29, 0.717) is 12.3 Å². The first-order chi connectivity index (χ1) is 7.22. The number of nitrogens with zero attached hydrogens (tertiary/aromatic N) is 1. The zero-order valence-electron chi connectivity index (χ0n) is 8.09. The van der Waals surface area contributed by atoms with Crippen LogP contribution < -0.4 is 10.5 Å². The van der Waals surface area contributed by atoms with Crippen molar-refractivity contribution in [2.24, 2.45) is 5.73 Å². The fourth-order valence-electron chi connectivity index (χ4n) is 1.03. The van der Waals surface area contributed by atoms with Crippen LogP contribution in [0.25, 0.3) is 0 Å². The Hall–Kier alpha value is -1.82. The van der Waals surface area contributed by atoms with Crippen LogP contribution in [-0.2, 0) is 11.4 Å². The summed E-state index contributed by atoms with van der Waals surface area (Å²) in [6, 6.07) is 7.23. The molecule has 6 heteroatoms. The van der Waals surface area contributed by atoms with Crippen molar-refractivity contribution in [3.05, 3.63) is 39.9 Å². The maximum Gasteiger partial charge on any atom is 0.294 e. The van der Waals surface area contributed by atoms with Gasteiger partial charge in [0.1, 0.15) is 19.0 Å². The summed E-state index contributed by atoms with van der Waals surface area (Å²) in [5.41, 5.74) is 6.39. The Labute approximate surface area is 86.7 Å². The molecule has 0 unspecified atom stereocenters. The van der Waals surface area contributed by atoms with Crippen molar-refractivity contribution in [3.63, 3.8) is 0 Å². The van der Waals surface area contributed by atoms with E-state index < -0.39 is 5.09 Å². The Balaban J connectivity index is 2.33. The quantitative estimate of drug-likeness (QED) is 0.426.